The van der Waals surface area contributed by atoms with Gasteiger partial charge in [-0.1, -0.05) is 11.6 Å². The van der Waals surface area contributed by atoms with Crippen molar-refractivity contribution in [2.75, 3.05) is 13.1 Å². The van der Waals surface area contributed by atoms with E-state index in [0.717, 1.165) is 0 Å². The van der Waals surface area contributed by atoms with Crippen molar-refractivity contribution >= 4 is 17.7 Å². The average molecular weight is 272 g/mol. The molecule has 18 heavy (non-hydrogen) atoms. The molecule has 1 aromatic heterocycles. The van der Waals surface area contributed by atoms with Crippen molar-refractivity contribution in [2.45, 2.75) is 18.9 Å². The number of likely N-dealkylation sites (tertiary alicyclic amines) is 1. The topological polar surface area (TPSA) is 86.5 Å². The highest BCUT2D eigenvalue weighted by Gasteiger charge is 2.29. The molecule has 1 aromatic rings. The highest BCUT2D eigenvalue weighted by atomic mass is 35.5. The lowest BCUT2D eigenvalue weighted by molar-refractivity contribution is 0.0571. The monoisotopic (exact) mass is 271 g/mol. The molecule has 1 aliphatic heterocycles. The molecule has 98 valence electrons. The van der Waals surface area contributed by atoms with Crippen LogP contribution in [-0.4, -0.2) is 44.3 Å². The molecule has 0 saturated carbocycles. The van der Waals surface area contributed by atoms with Gasteiger partial charge in [0.05, 0.1) is 6.10 Å². The molecule has 1 atom stereocenters. The average Bonchev–Trinajstić information content (AvgIpc) is 2.38. The Bertz CT molecular complexity index is 435. The first-order valence-corrected chi connectivity index (χ1v) is 6.08. The Morgan fingerprint density at radius 3 is 2.72 bits per heavy atom. The number of aromatic nitrogens is 2. The van der Waals surface area contributed by atoms with Gasteiger partial charge in [-0.2, -0.15) is 0 Å². The zero-order chi connectivity index (χ0) is 13.1. The quantitative estimate of drug-likeness (QED) is 0.797. The smallest absolute Gasteiger partial charge is 0.407 e. The largest absolute Gasteiger partial charge is 0.465 e. The third kappa shape index (κ3) is 2.70. The van der Waals surface area contributed by atoms with Crippen LogP contribution in [0.1, 0.15) is 24.5 Å². The zero-order valence-electron chi connectivity index (χ0n) is 9.66. The summed E-state index contributed by atoms with van der Waals surface area (Å²) in [5.74, 6) is -0.0101. The number of halogens is 1. The molecule has 2 N–H and O–H groups in total. The van der Waals surface area contributed by atoms with Crippen molar-refractivity contribution in [2.24, 2.45) is 5.92 Å². The normalized spacial score (nSPS) is 18.7. The first kappa shape index (κ1) is 13.0. The minimum atomic E-state index is -0.913. The van der Waals surface area contributed by atoms with Crippen LogP contribution in [0.5, 0.6) is 0 Å². The second-order valence-electron chi connectivity index (χ2n) is 4.32. The first-order chi connectivity index (χ1) is 8.59. The van der Waals surface area contributed by atoms with Gasteiger partial charge in [-0.15, -0.1) is 0 Å². The first-order valence-electron chi connectivity index (χ1n) is 5.71. The SMILES string of the molecule is O=C(O)N1CCC(C(O)c2cncnc2Cl)CC1. The fourth-order valence-corrected chi connectivity index (χ4v) is 2.39. The van der Waals surface area contributed by atoms with E-state index in [0.29, 0.717) is 31.5 Å². The highest BCUT2D eigenvalue weighted by Crippen LogP contribution is 2.32. The maximum atomic E-state index is 10.8. The van der Waals surface area contributed by atoms with Gasteiger partial charge in [0.25, 0.3) is 0 Å². The van der Waals surface area contributed by atoms with E-state index in [1.165, 1.54) is 17.4 Å². The predicted molar refractivity (Wildman–Crippen MR) is 64.3 cm³/mol. The van der Waals surface area contributed by atoms with Crippen LogP contribution in [0.3, 0.4) is 0 Å². The van der Waals surface area contributed by atoms with Crippen LogP contribution in [-0.2, 0) is 0 Å². The molecule has 0 spiro atoms. The lowest BCUT2D eigenvalue weighted by Gasteiger charge is -2.32. The van der Waals surface area contributed by atoms with Gasteiger partial charge in [-0.05, 0) is 18.8 Å². The van der Waals surface area contributed by atoms with Gasteiger partial charge >= 0.3 is 6.09 Å². The Balaban J connectivity index is 2.02. The molecule has 2 heterocycles. The number of carbonyl (C=O) groups is 1. The summed E-state index contributed by atoms with van der Waals surface area (Å²) in [6.07, 6.45) is 2.39. The minimum Gasteiger partial charge on any atom is -0.465 e. The second-order valence-corrected chi connectivity index (χ2v) is 4.68. The molecule has 1 aliphatic rings. The second kappa shape index (κ2) is 5.49. The molecule has 1 saturated heterocycles. The summed E-state index contributed by atoms with van der Waals surface area (Å²) in [6.45, 7) is 0.866. The lowest BCUT2D eigenvalue weighted by atomic mass is 9.88. The van der Waals surface area contributed by atoms with Crippen LogP contribution in [0.4, 0.5) is 4.79 Å². The number of carboxylic acid groups (broad SMARTS) is 1. The molecule has 1 fully saturated rings. The molecule has 0 radical (unpaired) electrons. The van der Waals surface area contributed by atoms with Crippen molar-refractivity contribution in [3.63, 3.8) is 0 Å². The lowest BCUT2D eigenvalue weighted by Crippen LogP contribution is -2.38. The fraction of sp³-hybridized carbons (Fsp3) is 0.545. The number of amides is 1. The molecular formula is C11H14ClN3O3. The highest BCUT2D eigenvalue weighted by molar-refractivity contribution is 6.30. The molecular weight excluding hydrogens is 258 g/mol. The summed E-state index contributed by atoms with van der Waals surface area (Å²) in [6, 6.07) is 0. The molecule has 1 amide bonds. The van der Waals surface area contributed by atoms with Crippen molar-refractivity contribution < 1.29 is 15.0 Å². The van der Waals surface area contributed by atoms with E-state index in [9.17, 15) is 9.90 Å². The summed E-state index contributed by atoms with van der Waals surface area (Å²) in [7, 11) is 0. The molecule has 0 aliphatic carbocycles. The molecule has 0 aromatic carbocycles. The van der Waals surface area contributed by atoms with Crippen LogP contribution in [0, 0.1) is 5.92 Å². The van der Waals surface area contributed by atoms with Crippen molar-refractivity contribution in [3.05, 3.63) is 23.2 Å². The fourth-order valence-electron chi connectivity index (χ4n) is 2.18. The van der Waals surface area contributed by atoms with Crippen molar-refractivity contribution in [1.29, 1.82) is 0 Å². The molecule has 0 bridgehead atoms. The number of rotatable bonds is 2. The summed E-state index contributed by atoms with van der Waals surface area (Å²) in [4.78, 5) is 19.8. The summed E-state index contributed by atoms with van der Waals surface area (Å²) in [5, 5.41) is 19.3. The van der Waals surface area contributed by atoms with Gasteiger partial charge in [0.15, 0.2) is 0 Å². The van der Waals surface area contributed by atoms with E-state index in [4.69, 9.17) is 16.7 Å². The van der Waals surface area contributed by atoms with Gasteiger partial charge in [0.2, 0.25) is 0 Å². The number of aliphatic hydroxyl groups is 1. The maximum absolute atomic E-state index is 10.8. The standard InChI is InChI=1S/C11H14ClN3O3/c12-10-8(5-13-6-14-10)9(16)7-1-3-15(4-2-7)11(17)18/h5-7,9,16H,1-4H2,(H,17,18). The third-order valence-electron chi connectivity index (χ3n) is 3.26. The third-order valence-corrected chi connectivity index (χ3v) is 3.58. The van der Waals surface area contributed by atoms with Gasteiger partial charge in [-0.3, -0.25) is 0 Å². The number of hydrogen-bond acceptors (Lipinski definition) is 4. The van der Waals surface area contributed by atoms with Crippen molar-refractivity contribution in [3.8, 4) is 0 Å². The van der Waals surface area contributed by atoms with Crippen LogP contribution in [0.15, 0.2) is 12.5 Å². The van der Waals surface area contributed by atoms with E-state index in [-0.39, 0.29) is 11.1 Å². The van der Waals surface area contributed by atoms with Crippen LogP contribution < -0.4 is 0 Å². The predicted octanol–water partition coefficient (Wildman–Crippen LogP) is 1.55. The summed E-state index contributed by atoms with van der Waals surface area (Å²) >= 11 is 5.90. The minimum absolute atomic E-state index is 0.0101. The maximum Gasteiger partial charge on any atom is 0.407 e. The van der Waals surface area contributed by atoms with Crippen LogP contribution >= 0.6 is 11.6 Å². The Morgan fingerprint density at radius 1 is 1.50 bits per heavy atom. The molecule has 1 unspecified atom stereocenters. The van der Waals surface area contributed by atoms with E-state index in [1.54, 1.807) is 0 Å². The Kier molecular flexibility index (Phi) is 3.98. The molecule has 2 rings (SSSR count). The van der Waals surface area contributed by atoms with E-state index < -0.39 is 12.2 Å². The van der Waals surface area contributed by atoms with Gasteiger partial charge in [-0.25, -0.2) is 14.8 Å². The number of nitrogens with zero attached hydrogens (tertiary/aromatic N) is 3. The van der Waals surface area contributed by atoms with E-state index >= 15 is 0 Å². The summed E-state index contributed by atoms with van der Waals surface area (Å²) in [5.41, 5.74) is 0.507. The van der Waals surface area contributed by atoms with E-state index in [2.05, 4.69) is 9.97 Å². The Labute approximate surface area is 109 Å². The van der Waals surface area contributed by atoms with Crippen LogP contribution in [0.25, 0.3) is 0 Å². The number of aliphatic hydroxyl groups excluding tert-OH is 1. The number of hydrogen-bond donors (Lipinski definition) is 2. The van der Waals surface area contributed by atoms with Crippen LogP contribution in [0.2, 0.25) is 5.15 Å². The summed E-state index contributed by atoms with van der Waals surface area (Å²) < 4.78 is 0. The zero-order valence-corrected chi connectivity index (χ0v) is 10.4. The number of piperidine rings is 1. The van der Waals surface area contributed by atoms with E-state index in [1.807, 2.05) is 0 Å². The van der Waals surface area contributed by atoms with Crippen molar-refractivity contribution in [1.82, 2.24) is 14.9 Å². The van der Waals surface area contributed by atoms with Gasteiger partial charge < -0.3 is 15.1 Å². The Hall–Kier alpha value is -1.40. The van der Waals surface area contributed by atoms with Gasteiger partial charge in [0, 0.05) is 24.8 Å². The molecule has 7 heteroatoms. The Morgan fingerprint density at radius 2 is 2.17 bits per heavy atom. The molecule has 6 nitrogen and oxygen atoms in total. The van der Waals surface area contributed by atoms with Gasteiger partial charge in [0.1, 0.15) is 11.5 Å².